The van der Waals surface area contributed by atoms with Gasteiger partial charge in [-0.05, 0) is 18.1 Å². The van der Waals surface area contributed by atoms with Gasteiger partial charge in [0.2, 0.25) is 0 Å². The van der Waals surface area contributed by atoms with Gasteiger partial charge in [-0.2, -0.15) is 8.42 Å². The molecule has 0 bridgehead atoms. The molecule has 33 heavy (non-hydrogen) atoms. The number of ketones is 1. The molecule has 0 aliphatic carbocycles. The Kier molecular flexibility index (Phi) is 12.4. The van der Waals surface area contributed by atoms with Gasteiger partial charge in [-0.1, -0.05) is 43.1 Å². The Morgan fingerprint density at radius 2 is 1.55 bits per heavy atom. The molecule has 0 unspecified atom stereocenters. The molecule has 3 aromatic rings. The van der Waals surface area contributed by atoms with Crippen LogP contribution >= 0.6 is 23.2 Å². The van der Waals surface area contributed by atoms with Crippen LogP contribution < -0.4 is 0 Å². The maximum atomic E-state index is 11.4. The van der Waals surface area contributed by atoms with Gasteiger partial charge in [0.15, 0.2) is 15.6 Å². The molecule has 3 aromatic heterocycles. The van der Waals surface area contributed by atoms with Crippen LogP contribution in [-0.2, 0) is 27.8 Å². The van der Waals surface area contributed by atoms with Crippen LogP contribution in [-0.4, -0.2) is 59.0 Å². The van der Waals surface area contributed by atoms with E-state index in [0.717, 1.165) is 29.6 Å². The van der Waals surface area contributed by atoms with E-state index in [1.54, 1.807) is 12.4 Å². The van der Waals surface area contributed by atoms with Crippen molar-refractivity contribution in [3.05, 3.63) is 64.7 Å². The molecular weight excluding hydrogens is 513 g/mol. The van der Waals surface area contributed by atoms with Gasteiger partial charge in [0.25, 0.3) is 0 Å². The maximum Gasteiger partial charge on any atom is 0.335 e. The third-order valence-corrected chi connectivity index (χ3v) is 5.80. The second-order valence-electron chi connectivity index (χ2n) is 5.98. The minimum Gasteiger partial charge on any atom is -0.291 e. The molecule has 0 aliphatic rings. The molecule has 0 aliphatic heterocycles. The number of carbonyl (C=O) groups is 1. The highest BCUT2D eigenvalue weighted by Crippen LogP contribution is 2.19. The van der Waals surface area contributed by atoms with Crippen LogP contribution in [0.15, 0.2) is 43.1 Å². The summed E-state index contributed by atoms with van der Waals surface area (Å²) in [7, 11) is -3.33. The first-order valence-corrected chi connectivity index (χ1v) is 12.5. The van der Waals surface area contributed by atoms with Gasteiger partial charge in [0.1, 0.15) is 27.4 Å². The average molecular weight is 532 g/mol. The summed E-state index contributed by atoms with van der Waals surface area (Å²) < 4.78 is 38.9. The number of aryl methyl sites for hydroxylation is 1. The van der Waals surface area contributed by atoms with Crippen LogP contribution in [0.5, 0.6) is 0 Å². The standard InChI is InChI=1S/C11H10ClN3.C8H9ClN2O3S.O2S/c1-2-8-4-3-5-13-11(8)9-6-15-10(12)7-14-9;1-2-15(13,14)5-7(12)6-3-11-8(9)4-10-6;1-3-2/h3-7H,2H2,1H3;3-4H,2,5H2,1H3;. The molecular formula is C19H19Cl2N5O5S2. The molecule has 14 heteroatoms. The molecule has 0 amide bonds. The summed E-state index contributed by atoms with van der Waals surface area (Å²) in [6.07, 6.45) is 8.22. The highest BCUT2D eigenvalue weighted by atomic mass is 35.5. The normalized spacial score (nSPS) is 10.2. The van der Waals surface area contributed by atoms with Crippen molar-refractivity contribution < 1.29 is 21.6 Å². The summed E-state index contributed by atoms with van der Waals surface area (Å²) in [6, 6.07) is 3.96. The number of aromatic nitrogens is 5. The lowest BCUT2D eigenvalue weighted by atomic mass is 10.1. The van der Waals surface area contributed by atoms with E-state index < -0.39 is 32.9 Å². The van der Waals surface area contributed by atoms with Crippen LogP contribution in [0.25, 0.3) is 11.4 Å². The third-order valence-electron chi connectivity index (χ3n) is 3.83. The molecule has 0 radical (unpaired) electrons. The number of hydrogen-bond donors (Lipinski definition) is 0. The largest absolute Gasteiger partial charge is 0.335 e. The van der Waals surface area contributed by atoms with Gasteiger partial charge in [-0.15, -0.1) is 0 Å². The Morgan fingerprint density at radius 3 is 2.03 bits per heavy atom. The average Bonchev–Trinajstić information content (AvgIpc) is 2.81. The highest BCUT2D eigenvalue weighted by molar-refractivity contribution is 7.92. The summed E-state index contributed by atoms with van der Waals surface area (Å²) in [5.41, 5.74) is 2.81. The first kappa shape index (κ1) is 28.4. The first-order valence-electron chi connectivity index (χ1n) is 9.22. The van der Waals surface area contributed by atoms with Crippen LogP contribution in [0.4, 0.5) is 0 Å². The smallest absolute Gasteiger partial charge is 0.291 e. The Hall–Kier alpha value is -2.67. The second-order valence-corrected chi connectivity index (χ2v) is 9.24. The van der Waals surface area contributed by atoms with Crippen molar-refractivity contribution in [1.29, 1.82) is 0 Å². The molecule has 0 aromatic carbocycles. The number of hydrogen-bond acceptors (Lipinski definition) is 10. The van der Waals surface area contributed by atoms with E-state index in [1.807, 2.05) is 12.1 Å². The predicted octanol–water partition coefficient (Wildman–Crippen LogP) is 2.83. The quantitative estimate of drug-likeness (QED) is 0.434. The van der Waals surface area contributed by atoms with E-state index in [9.17, 15) is 13.2 Å². The highest BCUT2D eigenvalue weighted by Gasteiger charge is 2.17. The van der Waals surface area contributed by atoms with E-state index in [1.165, 1.54) is 19.3 Å². The third kappa shape index (κ3) is 10.2. The Labute approximate surface area is 204 Å². The van der Waals surface area contributed by atoms with Crippen LogP contribution in [0.3, 0.4) is 0 Å². The molecule has 0 saturated heterocycles. The lowest BCUT2D eigenvalue weighted by Gasteiger charge is -2.04. The molecule has 10 nitrogen and oxygen atoms in total. The lowest BCUT2D eigenvalue weighted by Crippen LogP contribution is -2.18. The molecule has 0 atom stereocenters. The van der Waals surface area contributed by atoms with Crippen molar-refractivity contribution in [2.45, 2.75) is 20.3 Å². The first-order chi connectivity index (χ1) is 15.7. The molecule has 0 N–H and O–H groups in total. The topological polar surface area (TPSA) is 150 Å². The fourth-order valence-corrected chi connectivity index (χ4v) is 3.17. The summed E-state index contributed by atoms with van der Waals surface area (Å²) in [6.45, 7) is 3.57. The number of Topliss-reactive ketones (excluding diaryl/α,β-unsaturated/α-hetero) is 1. The van der Waals surface area contributed by atoms with E-state index in [0.29, 0.717) is 5.15 Å². The van der Waals surface area contributed by atoms with Crippen molar-refractivity contribution in [2.24, 2.45) is 0 Å². The number of nitrogens with zero attached hydrogens (tertiary/aromatic N) is 5. The zero-order chi connectivity index (χ0) is 24.9. The Bertz CT molecular complexity index is 1190. The molecule has 3 heterocycles. The Balaban J connectivity index is 0.000000295. The van der Waals surface area contributed by atoms with Gasteiger partial charge < -0.3 is 0 Å². The monoisotopic (exact) mass is 531 g/mol. The fraction of sp³-hybridized carbons (Fsp3) is 0.263. The number of carbonyl (C=O) groups excluding carboxylic acids is 1. The van der Waals surface area contributed by atoms with Gasteiger partial charge in [-0.3, -0.25) is 9.78 Å². The molecule has 0 saturated carbocycles. The van der Waals surface area contributed by atoms with Crippen molar-refractivity contribution in [3.63, 3.8) is 0 Å². The summed E-state index contributed by atoms with van der Waals surface area (Å²) in [5.74, 6) is -1.18. The minimum atomic E-state index is -3.33. The van der Waals surface area contributed by atoms with Gasteiger partial charge in [0, 0.05) is 11.9 Å². The van der Waals surface area contributed by atoms with Crippen LogP contribution in [0, 0.1) is 0 Å². The van der Waals surface area contributed by atoms with Crippen molar-refractivity contribution >= 4 is 50.4 Å². The van der Waals surface area contributed by atoms with Crippen molar-refractivity contribution in [1.82, 2.24) is 24.9 Å². The van der Waals surface area contributed by atoms with E-state index >= 15 is 0 Å². The number of rotatable bonds is 6. The zero-order valence-corrected chi connectivity index (χ0v) is 20.7. The molecule has 176 valence electrons. The Morgan fingerprint density at radius 1 is 0.939 bits per heavy atom. The van der Waals surface area contributed by atoms with E-state index in [4.69, 9.17) is 31.6 Å². The molecule has 3 rings (SSSR count). The van der Waals surface area contributed by atoms with Crippen LogP contribution in [0.1, 0.15) is 29.9 Å². The van der Waals surface area contributed by atoms with Crippen molar-refractivity contribution in [3.8, 4) is 11.4 Å². The number of sulfone groups is 1. The lowest BCUT2D eigenvalue weighted by molar-refractivity contribution is 0.101. The van der Waals surface area contributed by atoms with Crippen LogP contribution in [0.2, 0.25) is 10.3 Å². The van der Waals surface area contributed by atoms with Gasteiger partial charge in [0.05, 0.1) is 30.5 Å². The summed E-state index contributed by atoms with van der Waals surface area (Å²) >= 11 is 10.4. The maximum absolute atomic E-state index is 11.4. The molecule has 0 spiro atoms. The second kappa shape index (κ2) is 14.5. The SMILES string of the molecule is CCS(=O)(=O)CC(=O)c1cnc(Cl)cn1.CCc1cccnc1-c1cnc(Cl)cn1.O=S=O. The minimum absolute atomic E-state index is 0.0106. The van der Waals surface area contributed by atoms with E-state index in [-0.39, 0.29) is 16.6 Å². The number of halogens is 2. The predicted molar refractivity (Wildman–Crippen MR) is 124 cm³/mol. The summed E-state index contributed by atoms with van der Waals surface area (Å²) in [5, 5.41) is 0.553. The van der Waals surface area contributed by atoms with Crippen molar-refractivity contribution in [2.75, 3.05) is 11.5 Å². The molecule has 0 fully saturated rings. The van der Waals surface area contributed by atoms with E-state index in [2.05, 4.69) is 31.8 Å². The zero-order valence-electron chi connectivity index (χ0n) is 17.5. The fourth-order valence-electron chi connectivity index (χ4n) is 2.22. The van der Waals surface area contributed by atoms with Gasteiger partial charge in [-0.25, -0.2) is 28.4 Å². The number of pyridine rings is 1. The summed E-state index contributed by atoms with van der Waals surface area (Å²) in [4.78, 5) is 31.2. The van der Waals surface area contributed by atoms with Gasteiger partial charge >= 0.3 is 11.6 Å².